The number of nitrogen functional groups attached to an aromatic ring is 1. The quantitative estimate of drug-likeness (QED) is 0.470. The molecule has 3 aromatic carbocycles. The number of benzene rings is 3. The standard InChI is InChI=1S/C23H21N/c1-18-2-4-19(5-3-18)6-7-20-8-10-21(11-9-20)12-13-22-14-16-23(24)17-15-22/h2-17H,24H2,1H3/b7-6+,13-12+. The van der Waals surface area contributed by atoms with Gasteiger partial charge in [-0.25, -0.2) is 0 Å². The molecule has 1 heteroatoms. The van der Waals surface area contributed by atoms with E-state index in [1.807, 2.05) is 24.3 Å². The third-order valence-electron chi connectivity index (χ3n) is 3.89. The molecule has 0 saturated heterocycles. The van der Waals surface area contributed by atoms with E-state index in [9.17, 15) is 0 Å². The summed E-state index contributed by atoms with van der Waals surface area (Å²) in [5, 5.41) is 0. The van der Waals surface area contributed by atoms with Gasteiger partial charge < -0.3 is 5.73 Å². The highest BCUT2D eigenvalue weighted by atomic mass is 14.5. The van der Waals surface area contributed by atoms with Gasteiger partial charge in [-0.3, -0.25) is 0 Å². The van der Waals surface area contributed by atoms with Crippen LogP contribution in [0.15, 0.2) is 72.8 Å². The van der Waals surface area contributed by atoms with Crippen molar-refractivity contribution in [3.63, 3.8) is 0 Å². The van der Waals surface area contributed by atoms with Gasteiger partial charge in [0.15, 0.2) is 0 Å². The lowest BCUT2D eigenvalue weighted by Gasteiger charge is -1.98. The fourth-order valence-electron chi connectivity index (χ4n) is 2.39. The SMILES string of the molecule is Cc1ccc(/C=C/c2ccc(/C=C/c3ccc(N)cc3)cc2)cc1. The van der Waals surface area contributed by atoms with Crippen LogP contribution in [0, 0.1) is 6.92 Å². The van der Waals surface area contributed by atoms with Crippen LogP contribution in [0.25, 0.3) is 24.3 Å². The van der Waals surface area contributed by atoms with Crippen LogP contribution in [0.5, 0.6) is 0 Å². The zero-order chi connectivity index (χ0) is 16.8. The van der Waals surface area contributed by atoms with Gasteiger partial charge in [0, 0.05) is 5.69 Å². The lowest BCUT2D eigenvalue weighted by atomic mass is 10.1. The van der Waals surface area contributed by atoms with Crippen molar-refractivity contribution >= 4 is 30.0 Å². The van der Waals surface area contributed by atoms with Crippen molar-refractivity contribution in [1.82, 2.24) is 0 Å². The summed E-state index contributed by atoms with van der Waals surface area (Å²) in [5.74, 6) is 0. The first-order valence-electron chi connectivity index (χ1n) is 8.07. The second-order valence-electron chi connectivity index (χ2n) is 5.91. The molecule has 0 aliphatic carbocycles. The minimum Gasteiger partial charge on any atom is -0.399 e. The molecule has 3 rings (SSSR count). The van der Waals surface area contributed by atoms with Crippen LogP contribution >= 0.6 is 0 Å². The second kappa shape index (κ2) is 7.47. The molecular weight excluding hydrogens is 290 g/mol. The van der Waals surface area contributed by atoms with Crippen LogP contribution in [0.2, 0.25) is 0 Å². The molecule has 0 atom stereocenters. The molecule has 24 heavy (non-hydrogen) atoms. The summed E-state index contributed by atoms with van der Waals surface area (Å²) in [7, 11) is 0. The molecular formula is C23H21N. The maximum Gasteiger partial charge on any atom is 0.0314 e. The van der Waals surface area contributed by atoms with E-state index in [4.69, 9.17) is 5.73 Å². The minimum absolute atomic E-state index is 0.789. The summed E-state index contributed by atoms with van der Waals surface area (Å²) < 4.78 is 0. The van der Waals surface area contributed by atoms with Gasteiger partial charge in [0.2, 0.25) is 0 Å². The van der Waals surface area contributed by atoms with Crippen molar-refractivity contribution in [3.8, 4) is 0 Å². The predicted molar refractivity (Wildman–Crippen MR) is 106 cm³/mol. The summed E-state index contributed by atoms with van der Waals surface area (Å²) >= 11 is 0. The highest BCUT2D eigenvalue weighted by Crippen LogP contribution is 2.13. The molecule has 0 bridgehead atoms. The smallest absolute Gasteiger partial charge is 0.0314 e. The summed E-state index contributed by atoms with van der Waals surface area (Å²) in [6.45, 7) is 2.10. The Bertz CT molecular complexity index is 762. The highest BCUT2D eigenvalue weighted by Gasteiger charge is 1.91. The maximum atomic E-state index is 5.70. The fourth-order valence-corrected chi connectivity index (χ4v) is 2.39. The maximum absolute atomic E-state index is 5.70. The zero-order valence-electron chi connectivity index (χ0n) is 13.8. The van der Waals surface area contributed by atoms with Crippen LogP contribution in [-0.4, -0.2) is 0 Å². The first-order valence-corrected chi connectivity index (χ1v) is 8.07. The van der Waals surface area contributed by atoms with Gasteiger partial charge in [-0.15, -0.1) is 0 Å². The topological polar surface area (TPSA) is 26.0 Å². The Hall–Kier alpha value is -3.06. The summed E-state index contributed by atoms with van der Waals surface area (Å²) in [4.78, 5) is 0. The molecule has 0 heterocycles. The average Bonchev–Trinajstić information content (AvgIpc) is 2.62. The van der Waals surface area contributed by atoms with Crippen molar-refractivity contribution in [2.75, 3.05) is 5.73 Å². The summed E-state index contributed by atoms with van der Waals surface area (Å²) in [6, 6.07) is 24.9. The van der Waals surface area contributed by atoms with Gasteiger partial charge in [-0.05, 0) is 41.3 Å². The van der Waals surface area contributed by atoms with Gasteiger partial charge in [0.05, 0.1) is 0 Å². The van der Waals surface area contributed by atoms with Crippen LogP contribution < -0.4 is 5.73 Å². The van der Waals surface area contributed by atoms with Crippen molar-refractivity contribution in [2.45, 2.75) is 6.92 Å². The van der Waals surface area contributed by atoms with Crippen molar-refractivity contribution < 1.29 is 0 Å². The van der Waals surface area contributed by atoms with Gasteiger partial charge in [-0.2, -0.15) is 0 Å². The second-order valence-corrected chi connectivity index (χ2v) is 5.91. The Morgan fingerprint density at radius 3 is 1.17 bits per heavy atom. The number of aryl methyl sites for hydroxylation is 1. The molecule has 1 nitrogen and oxygen atoms in total. The van der Waals surface area contributed by atoms with E-state index in [1.165, 1.54) is 22.3 Å². The largest absolute Gasteiger partial charge is 0.399 e. The van der Waals surface area contributed by atoms with Gasteiger partial charge in [-0.1, -0.05) is 90.5 Å². The minimum atomic E-state index is 0.789. The monoisotopic (exact) mass is 311 g/mol. The van der Waals surface area contributed by atoms with Gasteiger partial charge >= 0.3 is 0 Å². The molecule has 0 spiro atoms. The molecule has 0 aromatic heterocycles. The lowest BCUT2D eigenvalue weighted by molar-refractivity contribution is 1.46. The van der Waals surface area contributed by atoms with Crippen LogP contribution in [0.4, 0.5) is 5.69 Å². The van der Waals surface area contributed by atoms with E-state index < -0.39 is 0 Å². The Labute approximate surface area is 143 Å². The van der Waals surface area contributed by atoms with Crippen LogP contribution in [0.1, 0.15) is 27.8 Å². The van der Waals surface area contributed by atoms with E-state index in [0.29, 0.717) is 0 Å². The third-order valence-corrected chi connectivity index (χ3v) is 3.89. The molecule has 0 radical (unpaired) electrons. The number of anilines is 1. The molecule has 0 amide bonds. The molecule has 0 fully saturated rings. The predicted octanol–water partition coefficient (Wildman–Crippen LogP) is 5.92. The van der Waals surface area contributed by atoms with Gasteiger partial charge in [0.1, 0.15) is 0 Å². The Morgan fingerprint density at radius 1 is 0.500 bits per heavy atom. The summed E-state index contributed by atoms with van der Waals surface area (Å²) in [5.41, 5.74) is 12.5. The first-order chi connectivity index (χ1) is 11.7. The Balaban J connectivity index is 1.66. The number of rotatable bonds is 4. The molecule has 0 aliphatic rings. The van der Waals surface area contributed by atoms with Crippen molar-refractivity contribution in [3.05, 3.63) is 101 Å². The fraction of sp³-hybridized carbons (Fsp3) is 0.0435. The summed E-state index contributed by atoms with van der Waals surface area (Å²) in [6.07, 6.45) is 8.48. The van der Waals surface area contributed by atoms with Crippen molar-refractivity contribution in [2.24, 2.45) is 0 Å². The normalized spacial score (nSPS) is 11.4. The first kappa shape index (κ1) is 15.8. The highest BCUT2D eigenvalue weighted by molar-refractivity contribution is 5.73. The van der Waals surface area contributed by atoms with Crippen LogP contribution in [-0.2, 0) is 0 Å². The average molecular weight is 311 g/mol. The molecule has 3 aromatic rings. The molecule has 118 valence electrons. The number of hydrogen-bond donors (Lipinski definition) is 1. The van der Waals surface area contributed by atoms with Gasteiger partial charge in [0.25, 0.3) is 0 Å². The van der Waals surface area contributed by atoms with E-state index in [-0.39, 0.29) is 0 Å². The Morgan fingerprint density at radius 2 is 0.792 bits per heavy atom. The zero-order valence-corrected chi connectivity index (χ0v) is 13.8. The molecule has 0 aliphatic heterocycles. The van der Waals surface area contributed by atoms with Crippen molar-refractivity contribution in [1.29, 1.82) is 0 Å². The molecule has 0 saturated carbocycles. The lowest BCUT2D eigenvalue weighted by Crippen LogP contribution is -1.82. The third kappa shape index (κ3) is 4.47. The van der Waals surface area contributed by atoms with E-state index in [2.05, 4.69) is 79.8 Å². The van der Waals surface area contributed by atoms with Crippen LogP contribution in [0.3, 0.4) is 0 Å². The number of hydrogen-bond acceptors (Lipinski definition) is 1. The molecule has 0 unspecified atom stereocenters. The van der Waals surface area contributed by atoms with E-state index in [0.717, 1.165) is 11.3 Å². The molecule has 2 N–H and O–H groups in total. The Kier molecular flexibility index (Phi) is 4.93. The van der Waals surface area contributed by atoms with E-state index >= 15 is 0 Å². The number of nitrogens with two attached hydrogens (primary N) is 1. The van der Waals surface area contributed by atoms with E-state index in [1.54, 1.807) is 0 Å².